The first-order valence-corrected chi connectivity index (χ1v) is 11.7. The van der Waals surface area contributed by atoms with Crippen molar-refractivity contribution < 1.29 is 9.59 Å². The molecule has 0 saturated carbocycles. The van der Waals surface area contributed by atoms with Crippen molar-refractivity contribution in [2.45, 2.75) is 59.0 Å². The van der Waals surface area contributed by atoms with E-state index in [0.29, 0.717) is 36.8 Å². The minimum Gasteiger partial charge on any atom is -0.362 e. The molecule has 166 valence electrons. The summed E-state index contributed by atoms with van der Waals surface area (Å²) in [6.45, 7) is 7.34. The van der Waals surface area contributed by atoms with Crippen LogP contribution in [0, 0.1) is 13.8 Å². The standard InChI is InChI=1S/C22H30N6O2S/c1-13-19(31-14(2)23-13)22(30)28-10-7-6-8-18(28)20-24-17-9-11-27(15(3)29)12-16(17)21(25-20)26(4)5/h18H,6-12H2,1-5H3/t18-/m0/s1. The van der Waals surface area contributed by atoms with Crippen molar-refractivity contribution in [3.05, 3.63) is 32.7 Å². The number of fused-ring (bicyclic) bond motifs is 1. The van der Waals surface area contributed by atoms with Gasteiger partial charge in [-0.05, 0) is 33.1 Å². The number of carbonyl (C=O) groups is 2. The number of carbonyl (C=O) groups excluding carboxylic acids is 2. The van der Waals surface area contributed by atoms with E-state index in [9.17, 15) is 9.59 Å². The molecule has 0 aliphatic carbocycles. The molecular weight excluding hydrogens is 412 g/mol. The molecule has 1 atom stereocenters. The van der Waals surface area contributed by atoms with Crippen molar-refractivity contribution in [3.63, 3.8) is 0 Å². The highest BCUT2D eigenvalue weighted by Gasteiger charge is 2.34. The van der Waals surface area contributed by atoms with E-state index < -0.39 is 0 Å². The molecule has 0 unspecified atom stereocenters. The zero-order valence-electron chi connectivity index (χ0n) is 18.9. The van der Waals surface area contributed by atoms with Gasteiger partial charge in [0.25, 0.3) is 5.91 Å². The summed E-state index contributed by atoms with van der Waals surface area (Å²) in [5, 5.41) is 0.907. The Morgan fingerprint density at radius 2 is 1.87 bits per heavy atom. The summed E-state index contributed by atoms with van der Waals surface area (Å²) in [6, 6.07) is -0.141. The average Bonchev–Trinajstić information content (AvgIpc) is 3.09. The van der Waals surface area contributed by atoms with E-state index in [0.717, 1.165) is 47.0 Å². The van der Waals surface area contributed by atoms with E-state index in [1.54, 1.807) is 6.92 Å². The Kier molecular flexibility index (Phi) is 5.96. The van der Waals surface area contributed by atoms with Gasteiger partial charge in [-0.3, -0.25) is 9.59 Å². The molecule has 0 N–H and O–H groups in total. The van der Waals surface area contributed by atoms with E-state index >= 15 is 0 Å². The quantitative estimate of drug-likeness (QED) is 0.727. The maximum Gasteiger partial charge on any atom is 0.266 e. The molecule has 0 radical (unpaired) electrons. The first kappa shape index (κ1) is 21.7. The summed E-state index contributed by atoms with van der Waals surface area (Å²) in [5.74, 6) is 1.65. The van der Waals surface area contributed by atoms with Crippen molar-refractivity contribution >= 4 is 29.0 Å². The third-order valence-corrected chi connectivity index (χ3v) is 7.14. The number of aromatic nitrogens is 3. The molecule has 8 nitrogen and oxygen atoms in total. The topological polar surface area (TPSA) is 82.5 Å². The molecule has 0 aromatic carbocycles. The predicted molar refractivity (Wildman–Crippen MR) is 120 cm³/mol. The van der Waals surface area contributed by atoms with E-state index in [-0.39, 0.29) is 17.9 Å². The first-order chi connectivity index (χ1) is 14.8. The molecule has 31 heavy (non-hydrogen) atoms. The van der Waals surface area contributed by atoms with Crippen LogP contribution >= 0.6 is 11.3 Å². The normalized spacial score (nSPS) is 18.7. The van der Waals surface area contributed by atoms with Crippen molar-refractivity contribution in [2.24, 2.45) is 0 Å². The number of rotatable bonds is 3. The van der Waals surface area contributed by atoms with Gasteiger partial charge in [0.2, 0.25) is 5.91 Å². The van der Waals surface area contributed by atoms with Crippen LogP contribution in [0.25, 0.3) is 0 Å². The molecule has 4 rings (SSSR count). The molecule has 2 aromatic heterocycles. The van der Waals surface area contributed by atoms with Gasteiger partial charge in [-0.25, -0.2) is 15.0 Å². The zero-order chi connectivity index (χ0) is 22.3. The number of piperidine rings is 1. The lowest BCUT2D eigenvalue weighted by atomic mass is 9.99. The monoisotopic (exact) mass is 442 g/mol. The fourth-order valence-electron chi connectivity index (χ4n) is 4.51. The molecular formula is C22H30N6O2S. The highest BCUT2D eigenvalue weighted by Crippen LogP contribution is 2.35. The number of anilines is 1. The highest BCUT2D eigenvalue weighted by atomic mass is 32.1. The fourth-order valence-corrected chi connectivity index (χ4v) is 5.38. The molecule has 2 aromatic rings. The Hall–Kier alpha value is -2.55. The van der Waals surface area contributed by atoms with Crippen LogP contribution in [-0.4, -0.2) is 63.8 Å². The number of thiazole rings is 1. The SMILES string of the molecule is CC(=O)N1CCc2nc([C@@H]3CCCCN3C(=O)c3sc(C)nc3C)nc(N(C)C)c2C1. The van der Waals surface area contributed by atoms with Crippen LogP contribution < -0.4 is 4.90 Å². The molecule has 2 aliphatic rings. The van der Waals surface area contributed by atoms with Crippen LogP contribution in [0.3, 0.4) is 0 Å². The third-order valence-electron chi connectivity index (χ3n) is 6.08. The summed E-state index contributed by atoms with van der Waals surface area (Å²) >= 11 is 1.46. The Balaban J connectivity index is 1.72. The number of aryl methyl sites for hydroxylation is 2. The fraction of sp³-hybridized carbons (Fsp3) is 0.591. The lowest BCUT2D eigenvalue weighted by molar-refractivity contribution is -0.129. The molecule has 0 spiro atoms. The van der Waals surface area contributed by atoms with Crippen LogP contribution in [-0.2, 0) is 17.8 Å². The average molecular weight is 443 g/mol. The maximum absolute atomic E-state index is 13.4. The van der Waals surface area contributed by atoms with Gasteiger partial charge in [0.05, 0.1) is 29.0 Å². The maximum atomic E-state index is 13.4. The summed E-state index contributed by atoms with van der Waals surface area (Å²) in [6.07, 6.45) is 3.59. The molecule has 1 fully saturated rings. The Bertz CT molecular complexity index is 1020. The van der Waals surface area contributed by atoms with Gasteiger partial charge in [-0.15, -0.1) is 11.3 Å². The van der Waals surface area contributed by atoms with Crippen molar-refractivity contribution in [3.8, 4) is 0 Å². The van der Waals surface area contributed by atoms with Crippen LogP contribution in [0.15, 0.2) is 0 Å². The van der Waals surface area contributed by atoms with Gasteiger partial charge in [0, 0.05) is 46.1 Å². The molecule has 2 aliphatic heterocycles. The van der Waals surface area contributed by atoms with Gasteiger partial charge >= 0.3 is 0 Å². The van der Waals surface area contributed by atoms with E-state index in [2.05, 4.69) is 4.98 Å². The Morgan fingerprint density at radius 1 is 1.10 bits per heavy atom. The lowest BCUT2D eigenvalue weighted by Gasteiger charge is -2.36. The number of likely N-dealkylation sites (tertiary alicyclic amines) is 1. The summed E-state index contributed by atoms with van der Waals surface area (Å²) in [4.78, 5) is 46.1. The van der Waals surface area contributed by atoms with E-state index in [1.807, 2.05) is 42.6 Å². The highest BCUT2D eigenvalue weighted by molar-refractivity contribution is 7.13. The second kappa shape index (κ2) is 8.53. The number of hydrogen-bond donors (Lipinski definition) is 0. The largest absolute Gasteiger partial charge is 0.362 e. The van der Waals surface area contributed by atoms with E-state index in [1.165, 1.54) is 11.3 Å². The number of amides is 2. The van der Waals surface area contributed by atoms with Gasteiger partial charge in [-0.2, -0.15) is 0 Å². The van der Waals surface area contributed by atoms with Gasteiger partial charge < -0.3 is 14.7 Å². The van der Waals surface area contributed by atoms with Crippen LogP contribution in [0.4, 0.5) is 5.82 Å². The minimum atomic E-state index is -0.141. The summed E-state index contributed by atoms with van der Waals surface area (Å²) < 4.78 is 0. The Morgan fingerprint density at radius 3 is 2.52 bits per heavy atom. The van der Waals surface area contributed by atoms with E-state index in [4.69, 9.17) is 9.97 Å². The van der Waals surface area contributed by atoms with Crippen molar-refractivity contribution in [2.75, 3.05) is 32.1 Å². The zero-order valence-corrected chi connectivity index (χ0v) is 19.8. The molecule has 4 heterocycles. The van der Waals surface area contributed by atoms with Crippen molar-refractivity contribution in [1.82, 2.24) is 24.8 Å². The lowest BCUT2D eigenvalue weighted by Crippen LogP contribution is -2.40. The first-order valence-electron chi connectivity index (χ1n) is 10.8. The van der Waals surface area contributed by atoms with Crippen molar-refractivity contribution in [1.29, 1.82) is 0 Å². The van der Waals surface area contributed by atoms with Crippen LogP contribution in [0.2, 0.25) is 0 Å². The summed E-state index contributed by atoms with van der Waals surface area (Å²) in [5.41, 5.74) is 2.80. The number of hydrogen-bond acceptors (Lipinski definition) is 7. The third kappa shape index (κ3) is 4.15. The molecule has 1 saturated heterocycles. The number of nitrogens with zero attached hydrogens (tertiary/aromatic N) is 6. The predicted octanol–water partition coefficient (Wildman–Crippen LogP) is 2.89. The summed E-state index contributed by atoms with van der Waals surface area (Å²) in [7, 11) is 3.93. The smallest absolute Gasteiger partial charge is 0.266 e. The molecule has 2 amide bonds. The van der Waals surface area contributed by atoms with Gasteiger partial charge in [0.1, 0.15) is 10.7 Å². The minimum absolute atomic E-state index is 0.0308. The van der Waals surface area contributed by atoms with Crippen LogP contribution in [0.1, 0.15) is 69.7 Å². The second-order valence-corrected chi connectivity index (χ2v) is 9.78. The van der Waals surface area contributed by atoms with Crippen LogP contribution in [0.5, 0.6) is 0 Å². The van der Waals surface area contributed by atoms with Gasteiger partial charge in [-0.1, -0.05) is 0 Å². The molecule has 9 heteroatoms. The molecule has 0 bridgehead atoms. The Labute approximate surface area is 187 Å². The van der Waals surface area contributed by atoms with Gasteiger partial charge in [0.15, 0.2) is 5.82 Å². The second-order valence-electron chi connectivity index (χ2n) is 8.57.